The van der Waals surface area contributed by atoms with E-state index in [1.54, 1.807) is 23.7 Å². The lowest BCUT2D eigenvalue weighted by Gasteiger charge is -2.08. The number of pyridine rings is 1. The minimum atomic E-state index is 0.307. The van der Waals surface area contributed by atoms with Crippen molar-refractivity contribution < 1.29 is 0 Å². The molecule has 0 N–H and O–H groups in total. The Labute approximate surface area is 127 Å². The molecular weight excluding hydrogens is 350 g/mol. The average Bonchev–Trinajstić information content (AvgIpc) is 2.92. The highest BCUT2D eigenvalue weighted by atomic mass is 79.9. The van der Waals surface area contributed by atoms with Gasteiger partial charge in [-0.3, -0.25) is 4.98 Å². The molecule has 3 aromatic heterocycles. The topological polar surface area (TPSA) is 12.9 Å². The van der Waals surface area contributed by atoms with Crippen LogP contribution in [0, 0.1) is 0 Å². The Balaban J connectivity index is 1.85. The highest BCUT2D eigenvalue weighted by Gasteiger charge is 2.14. The predicted octanol–water partition coefficient (Wildman–Crippen LogP) is 5.69. The first-order valence-corrected chi connectivity index (χ1v) is 8.42. The van der Waals surface area contributed by atoms with Crippen LogP contribution < -0.4 is 0 Å². The number of halogens is 2. The number of fused-ring (bicyclic) bond motifs is 1. The minimum absolute atomic E-state index is 0.307. The number of hydrogen-bond donors (Lipinski definition) is 0. The third kappa shape index (κ3) is 2.48. The maximum atomic E-state index is 6.14. The summed E-state index contributed by atoms with van der Waals surface area (Å²) in [5, 5.41) is 2.87. The molecule has 0 aromatic carbocycles. The van der Waals surface area contributed by atoms with Gasteiger partial charge >= 0.3 is 0 Å². The third-order valence-corrected chi connectivity index (χ3v) is 6.39. The molecule has 0 spiro atoms. The second kappa shape index (κ2) is 5.29. The summed E-state index contributed by atoms with van der Waals surface area (Å²) in [6.07, 6.45) is 4.37. The van der Waals surface area contributed by atoms with Crippen molar-refractivity contribution in [3.8, 4) is 0 Å². The molecule has 0 radical (unpaired) electrons. The first-order valence-electron chi connectivity index (χ1n) is 5.43. The van der Waals surface area contributed by atoms with Gasteiger partial charge in [-0.05, 0) is 35.6 Å². The second-order valence-electron chi connectivity index (χ2n) is 3.94. The van der Waals surface area contributed by atoms with E-state index < -0.39 is 0 Å². The molecule has 0 fully saturated rings. The van der Waals surface area contributed by atoms with Crippen molar-refractivity contribution in [1.82, 2.24) is 4.98 Å². The van der Waals surface area contributed by atoms with Gasteiger partial charge in [0.25, 0.3) is 0 Å². The van der Waals surface area contributed by atoms with Gasteiger partial charge in [0.2, 0.25) is 0 Å². The normalized spacial score (nSPS) is 13.0. The van der Waals surface area contributed by atoms with E-state index in [-0.39, 0.29) is 0 Å². The van der Waals surface area contributed by atoms with E-state index in [9.17, 15) is 0 Å². The zero-order chi connectivity index (χ0) is 12.5. The number of nitrogens with zero attached hydrogens (tertiary/aromatic N) is 1. The molecule has 1 atom stereocenters. The molecule has 18 heavy (non-hydrogen) atoms. The maximum Gasteiger partial charge on any atom is 0.0621 e. The van der Waals surface area contributed by atoms with Gasteiger partial charge in [-0.2, -0.15) is 0 Å². The summed E-state index contributed by atoms with van der Waals surface area (Å²) >= 11 is 13.5. The van der Waals surface area contributed by atoms with Crippen molar-refractivity contribution >= 4 is 59.6 Å². The molecule has 0 amide bonds. The monoisotopic (exact) mass is 357 g/mol. The molecule has 1 nitrogen and oxygen atoms in total. The fraction of sp³-hybridized carbons (Fsp3) is 0.154. The largest absolute Gasteiger partial charge is 0.263 e. The lowest BCUT2D eigenvalue weighted by Crippen LogP contribution is -1.94. The lowest BCUT2D eigenvalue weighted by molar-refractivity contribution is 0.965. The summed E-state index contributed by atoms with van der Waals surface area (Å²) in [5.41, 5.74) is 1.13. The minimum Gasteiger partial charge on any atom is -0.263 e. The first kappa shape index (κ1) is 12.6. The Morgan fingerprint density at radius 2 is 2.22 bits per heavy atom. The molecule has 0 aliphatic heterocycles. The summed E-state index contributed by atoms with van der Waals surface area (Å²) < 4.78 is 2.72. The molecule has 0 bridgehead atoms. The smallest absolute Gasteiger partial charge is 0.0621 e. The van der Waals surface area contributed by atoms with Crippen LogP contribution in [0.15, 0.2) is 36.0 Å². The Bertz CT molecular complexity index is 648. The van der Waals surface area contributed by atoms with E-state index >= 15 is 0 Å². The molecule has 0 saturated carbocycles. The van der Waals surface area contributed by atoms with Gasteiger partial charge < -0.3 is 0 Å². The third-order valence-electron chi connectivity index (χ3n) is 2.72. The van der Waals surface area contributed by atoms with Crippen LogP contribution in [0.25, 0.3) is 9.40 Å². The van der Waals surface area contributed by atoms with Crippen molar-refractivity contribution in [1.29, 1.82) is 0 Å². The molecule has 3 aromatic rings. The van der Waals surface area contributed by atoms with Crippen LogP contribution in [-0.2, 0) is 6.42 Å². The van der Waals surface area contributed by atoms with Gasteiger partial charge in [0.05, 0.1) is 9.85 Å². The van der Waals surface area contributed by atoms with E-state index in [2.05, 4.69) is 38.4 Å². The first-order chi connectivity index (χ1) is 8.74. The molecule has 0 aliphatic carbocycles. The number of hydrogen-bond acceptors (Lipinski definition) is 3. The molecule has 3 rings (SSSR count). The fourth-order valence-electron chi connectivity index (χ4n) is 1.80. The number of rotatable bonds is 3. The van der Waals surface area contributed by atoms with Crippen LogP contribution in [0.1, 0.15) is 15.3 Å². The van der Waals surface area contributed by atoms with Gasteiger partial charge in [-0.15, -0.1) is 22.7 Å². The van der Waals surface area contributed by atoms with Crippen LogP contribution in [0.3, 0.4) is 0 Å². The Morgan fingerprint density at radius 3 is 3.00 bits per heavy atom. The molecule has 5 heteroatoms. The van der Waals surface area contributed by atoms with Crippen molar-refractivity contribution in [2.75, 3.05) is 0 Å². The maximum absolute atomic E-state index is 6.14. The van der Waals surface area contributed by atoms with E-state index in [0.29, 0.717) is 4.83 Å². The summed E-state index contributed by atoms with van der Waals surface area (Å²) in [5.74, 6) is 0. The van der Waals surface area contributed by atoms with Crippen LogP contribution in [-0.4, -0.2) is 4.98 Å². The number of thiophene rings is 2. The van der Waals surface area contributed by atoms with E-state index in [4.69, 9.17) is 11.6 Å². The summed E-state index contributed by atoms with van der Waals surface area (Å²) in [6, 6.07) is 6.42. The molecule has 0 aliphatic rings. The van der Waals surface area contributed by atoms with Crippen molar-refractivity contribution in [2.24, 2.45) is 0 Å². The zero-order valence-electron chi connectivity index (χ0n) is 9.27. The Hall–Kier alpha value is -0.420. The quantitative estimate of drug-likeness (QED) is 0.548. The van der Waals surface area contributed by atoms with Crippen molar-refractivity contribution in [3.05, 3.63) is 51.4 Å². The average molecular weight is 359 g/mol. The van der Waals surface area contributed by atoms with Gasteiger partial charge in [0, 0.05) is 26.7 Å². The van der Waals surface area contributed by atoms with Crippen molar-refractivity contribution in [3.63, 3.8) is 0 Å². The lowest BCUT2D eigenvalue weighted by atomic mass is 10.1. The SMILES string of the molecule is Clc1cnccc1CC(Br)c1cc2sccc2s1. The highest BCUT2D eigenvalue weighted by Crippen LogP contribution is 2.38. The summed E-state index contributed by atoms with van der Waals surface area (Å²) in [4.78, 5) is 5.67. The van der Waals surface area contributed by atoms with Crippen molar-refractivity contribution in [2.45, 2.75) is 11.2 Å². The summed E-state index contributed by atoms with van der Waals surface area (Å²) in [7, 11) is 0. The van der Waals surface area contributed by atoms with Crippen LogP contribution in [0.2, 0.25) is 5.02 Å². The Morgan fingerprint density at radius 1 is 1.33 bits per heavy atom. The van der Waals surface area contributed by atoms with E-state index in [1.807, 2.05) is 17.4 Å². The molecule has 0 saturated heterocycles. The van der Waals surface area contributed by atoms with E-state index in [1.165, 1.54) is 14.3 Å². The standard InChI is InChI=1S/C13H9BrClNS2/c14-9(5-8-1-3-16-7-10(8)15)12-6-13-11(18-12)2-4-17-13/h1-4,6-7,9H,5H2. The molecular formula is C13H9BrClNS2. The van der Waals surface area contributed by atoms with E-state index in [0.717, 1.165) is 17.0 Å². The van der Waals surface area contributed by atoms with Gasteiger partial charge in [-0.25, -0.2) is 0 Å². The van der Waals surface area contributed by atoms with Crippen LogP contribution in [0.5, 0.6) is 0 Å². The second-order valence-corrected chi connectivity index (χ2v) is 7.51. The van der Waals surface area contributed by atoms with Crippen LogP contribution in [0.4, 0.5) is 0 Å². The van der Waals surface area contributed by atoms with Gasteiger partial charge in [0.15, 0.2) is 0 Å². The highest BCUT2D eigenvalue weighted by molar-refractivity contribution is 9.09. The predicted molar refractivity (Wildman–Crippen MR) is 84.3 cm³/mol. The molecule has 92 valence electrons. The zero-order valence-corrected chi connectivity index (χ0v) is 13.2. The summed E-state index contributed by atoms with van der Waals surface area (Å²) in [6.45, 7) is 0. The number of aromatic nitrogens is 1. The fourth-order valence-corrected chi connectivity index (χ4v) is 4.86. The molecule has 1 unspecified atom stereocenters. The Kier molecular flexibility index (Phi) is 3.71. The number of alkyl halides is 1. The molecule has 3 heterocycles. The van der Waals surface area contributed by atoms with Crippen LogP contribution >= 0.6 is 50.2 Å². The van der Waals surface area contributed by atoms with Gasteiger partial charge in [0.1, 0.15) is 0 Å². The van der Waals surface area contributed by atoms with Gasteiger partial charge in [-0.1, -0.05) is 27.5 Å².